The number of benzene rings is 2. The van der Waals surface area contributed by atoms with E-state index >= 15 is 0 Å². The summed E-state index contributed by atoms with van der Waals surface area (Å²) in [6, 6.07) is 9.72. The fraction of sp³-hybridized carbons (Fsp3) is 0.111. The third-order valence-corrected chi connectivity index (χ3v) is 5.63. The van der Waals surface area contributed by atoms with Crippen LogP contribution in [0.25, 0.3) is 0 Å². The predicted molar refractivity (Wildman–Crippen MR) is 92.0 cm³/mol. The monoisotopic (exact) mass is 400 g/mol. The average molecular weight is 400 g/mol. The number of aryl methyl sites for hydroxylation is 1. The van der Waals surface area contributed by atoms with E-state index in [0.717, 1.165) is 5.56 Å². The molecule has 4 rings (SSSR count). The zero-order valence-corrected chi connectivity index (χ0v) is 15.2. The second-order valence-electron chi connectivity index (χ2n) is 6.24. The highest BCUT2D eigenvalue weighted by atomic mass is 32.2. The molecule has 1 saturated heterocycles. The Balaban J connectivity index is 1.55. The largest absolute Gasteiger partial charge is 0.318 e. The molecule has 0 spiro atoms. The van der Waals surface area contributed by atoms with Crippen LogP contribution in [-0.2, 0) is 24.0 Å². The van der Waals surface area contributed by atoms with Gasteiger partial charge in [-0.3, -0.25) is 24.1 Å². The first-order chi connectivity index (χ1) is 13.2. The molecule has 0 aromatic heterocycles. The summed E-state index contributed by atoms with van der Waals surface area (Å²) in [5.74, 6) is -3.83. The van der Waals surface area contributed by atoms with Crippen LogP contribution in [0.3, 0.4) is 0 Å². The maximum absolute atomic E-state index is 12.4. The number of imide groups is 2. The van der Waals surface area contributed by atoms with Crippen LogP contribution in [-0.4, -0.2) is 48.1 Å². The number of carbonyl (C=O) groups excluding carboxylic acids is 4. The first kappa shape index (κ1) is 18.0. The molecule has 0 aliphatic carbocycles. The summed E-state index contributed by atoms with van der Waals surface area (Å²) in [6.45, 7) is 1.76. The van der Waals surface area contributed by atoms with E-state index in [1.807, 2.05) is 0 Å². The molecule has 0 bridgehead atoms. The summed E-state index contributed by atoms with van der Waals surface area (Å²) in [5.41, 5.74) is 0.945. The van der Waals surface area contributed by atoms with Gasteiger partial charge in [-0.15, -0.1) is 9.35 Å². The van der Waals surface area contributed by atoms with Gasteiger partial charge in [-0.05, 0) is 31.2 Å². The average Bonchev–Trinajstić information content (AvgIpc) is 2.92. The molecule has 2 aliphatic rings. The van der Waals surface area contributed by atoms with Crippen LogP contribution in [0.15, 0.2) is 53.4 Å². The van der Waals surface area contributed by atoms with Crippen molar-refractivity contribution in [3.8, 4) is 0 Å². The molecule has 1 fully saturated rings. The molecular formula is C18H12N2O7S. The van der Waals surface area contributed by atoms with Gasteiger partial charge in [0, 0.05) is 0 Å². The molecule has 10 heteroatoms. The van der Waals surface area contributed by atoms with Crippen molar-refractivity contribution in [3.63, 3.8) is 0 Å². The highest BCUT2D eigenvalue weighted by Gasteiger charge is 2.58. The zero-order valence-electron chi connectivity index (χ0n) is 14.4. The molecule has 2 aliphatic heterocycles. The van der Waals surface area contributed by atoms with Gasteiger partial charge in [0.1, 0.15) is 0 Å². The van der Waals surface area contributed by atoms with E-state index in [1.165, 1.54) is 36.4 Å². The summed E-state index contributed by atoms with van der Waals surface area (Å²) in [5, 5.41) is 0.0450. The number of rotatable bonds is 4. The Morgan fingerprint density at radius 1 is 0.821 bits per heavy atom. The molecule has 0 atom stereocenters. The maximum Gasteiger partial charge on any atom is 0.318 e. The standard InChI is InChI=1S/C18H12N2O7S/c1-10-6-8-11(9-7-10)28(25,26)27-20-17(23)14(18(20)24)19-15(21)12-4-2-3-5-13(12)16(19)22/h2-9,14H,1H3. The zero-order chi connectivity index (χ0) is 20.2. The van der Waals surface area contributed by atoms with Crippen molar-refractivity contribution >= 4 is 33.7 Å². The van der Waals surface area contributed by atoms with Crippen LogP contribution in [0.5, 0.6) is 0 Å². The fourth-order valence-electron chi connectivity index (χ4n) is 2.95. The summed E-state index contributed by atoms with van der Waals surface area (Å²) in [7, 11) is -4.43. The lowest BCUT2D eigenvalue weighted by Gasteiger charge is -2.37. The third kappa shape index (κ3) is 2.53. The van der Waals surface area contributed by atoms with Gasteiger partial charge in [0.05, 0.1) is 16.0 Å². The summed E-state index contributed by atoms with van der Waals surface area (Å²) < 4.78 is 29.1. The van der Waals surface area contributed by atoms with E-state index < -0.39 is 39.8 Å². The summed E-state index contributed by atoms with van der Waals surface area (Å²) in [6.07, 6.45) is 0. The van der Waals surface area contributed by atoms with Crippen molar-refractivity contribution in [1.82, 2.24) is 9.96 Å². The van der Waals surface area contributed by atoms with Gasteiger partial charge in [-0.25, -0.2) is 0 Å². The first-order valence-electron chi connectivity index (χ1n) is 8.08. The Hall–Kier alpha value is -3.37. The first-order valence-corrected chi connectivity index (χ1v) is 9.49. The Bertz CT molecular complexity index is 1100. The Morgan fingerprint density at radius 2 is 1.32 bits per heavy atom. The third-order valence-electron chi connectivity index (χ3n) is 4.43. The van der Waals surface area contributed by atoms with Crippen molar-refractivity contribution in [2.24, 2.45) is 0 Å². The number of hydroxylamine groups is 2. The molecule has 0 radical (unpaired) electrons. The van der Waals surface area contributed by atoms with Crippen molar-refractivity contribution in [2.45, 2.75) is 17.9 Å². The number of fused-ring (bicyclic) bond motifs is 1. The Kier molecular flexibility index (Phi) is 3.91. The van der Waals surface area contributed by atoms with Crippen LogP contribution in [0.4, 0.5) is 0 Å². The van der Waals surface area contributed by atoms with Gasteiger partial charge in [0.25, 0.3) is 23.6 Å². The van der Waals surface area contributed by atoms with Gasteiger partial charge in [0.2, 0.25) is 6.04 Å². The van der Waals surface area contributed by atoms with E-state index in [9.17, 15) is 27.6 Å². The molecule has 2 aromatic rings. The minimum Gasteiger partial charge on any atom is -0.269 e. The quantitative estimate of drug-likeness (QED) is 0.420. The van der Waals surface area contributed by atoms with Crippen LogP contribution in [0.2, 0.25) is 0 Å². The van der Waals surface area contributed by atoms with Crippen LogP contribution in [0.1, 0.15) is 26.3 Å². The molecule has 2 heterocycles. The van der Waals surface area contributed by atoms with Gasteiger partial charge >= 0.3 is 10.1 Å². The van der Waals surface area contributed by atoms with Gasteiger partial charge < -0.3 is 0 Å². The predicted octanol–water partition coefficient (Wildman–Crippen LogP) is 0.649. The SMILES string of the molecule is Cc1ccc(S(=O)(=O)ON2C(=O)C(N3C(=O)c4ccccc4C3=O)C2=O)cc1. The number of amides is 4. The van der Waals surface area contributed by atoms with Crippen molar-refractivity contribution < 1.29 is 31.9 Å². The molecular weight excluding hydrogens is 388 g/mol. The lowest BCUT2D eigenvalue weighted by molar-refractivity contribution is -0.194. The second-order valence-corrected chi connectivity index (χ2v) is 7.77. The topological polar surface area (TPSA) is 118 Å². The van der Waals surface area contributed by atoms with Gasteiger partial charge in [-0.2, -0.15) is 8.42 Å². The maximum atomic E-state index is 12.4. The highest BCUT2D eigenvalue weighted by Crippen LogP contribution is 2.30. The van der Waals surface area contributed by atoms with Crippen LogP contribution in [0, 0.1) is 6.92 Å². The minimum absolute atomic E-state index is 0.0450. The number of hydrogen-bond acceptors (Lipinski definition) is 7. The van der Waals surface area contributed by atoms with E-state index in [0.29, 0.717) is 4.90 Å². The molecule has 142 valence electrons. The van der Waals surface area contributed by atoms with E-state index in [1.54, 1.807) is 19.1 Å². The normalized spacial score (nSPS) is 17.2. The van der Waals surface area contributed by atoms with Crippen molar-refractivity contribution in [3.05, 3.63) is 65.2 Å². The number of nitrogens with zero attached hydrogens (tertiary/aromatic N) is 2. The summed E-state index contributed by atoms with van der Waals surface area (Å²) >= 11 is 0. The van der Waals surface area contributed by atoms with E-state index in [4.69, 9.17) is 0 Å². The minimum atomic E-state index is -4.43. The molecule has 0 unspecified atom stereocenters. The molecule has 9 nitrogen and oxygen atoms in total. The molecule has 4 amide bonds. The lowest BCUT2D eigenvalue weighted by Crippen LogP contribution is -2.69. The van der Waals surface area contributed by atoms with Crippen LogP contribution < -0.4 is 0 Å². The number of carbonyl (C=O) groups is 4. The van der Waals surface area contributed by atoms with Crippen molar-refractivity contribution in [2.75, 3.05) is 0 Å². The summed E-state index contributed by atoms with van der Waals surface area (Å²) in [4.78, 5) is 49.7. The van der Waals surface area contributed by atoms with Crippen LogP contribution >= 0.6 is 0 Å². The van der Waals surface area contributed by atoms with Gasteiger partial charge in [-0.1, -0.05) is 29.8 Å². The Labute approximate surface area is 159 Å². The molecule has 0 saturated carbocycles. The molecule has 28 heavy (non-hydrogen) atoms. The van der Waals surface area contributed by atoms with E-state index in [-0.39, 0.29) is 21.1 Å². The lowest BCUT2D eigenvalue weighted by atomic mass is 10.1. The van der Waals surface area contributed by atoms with E-state index in [2.05, 4.69) is 4.28 Å². The molecule has 2 aromatic carbocycles. The smallest absolute Gasteiger partial charge is 0.269 e. The number of β-lactam (4-membered cyclic amide) rings is 2. The highest BCUT2D eigenvalue weighted by molar-refractivity contribution is 7.86. The fourth-order valence-corrected chi connectivity index (χ4v) is 3.85. The number of hydrogen-bond donors (Lipinski definition) is 0. The second kappa shape index (κ2) is 6.08. The van der Waals surface area contributed by atoms with Crippen molar-refractivity contribution in [1.29, 1.82) is 0 Å². The van der Waals surface area contributed by atoms with Gasteiger partial charge in [0.15, 0.2) is 0 Å². The molecule has 0 N–H and O–H groups in total. The Morgan fingerprint density at radius 3 is 1.82 bits per heavy atom.